The Balaban J connectivity index is 2.20. The van der Waals surface area contributed by atoms with E-state index in [1.807, 2.05) is 30.3 Å². The predicted octanol–water partition coefficient (Wildman–Crippen LogP) is 2.81. The van der Waals surface area contributed by atoms with E-state index in [0.717, 1.165) is 15.4 Å². The van der Waals surface area contributed by atoms with Gasteiger partial charge in [0.25, 0.3) is 5.91 Å². The van der Waals surface area contributed by atoms with Gasteiger partial charge in [0.15, 0.2) is 0 Å². The number of aromatic nitrogens is 1. The van der Waals surface area contributed by atoms with Gasteiger partial charge in [-0.1, -0.05) is 40.7 Å². The number of carbonyl (C=O) groups is 1. The fourth-order valence-electron chi connectivity index (χ4n) is 1.47. The number of halogens is 1. The van der Waals surface area contributed by atoms with Gasteiger partial charge in [-0.15, -0.1) is 0 Å². The minimum absolute atomic E-state index is 0.128. The van der Waals surface area contributed by atoms with E-state index in [1.54, 1.807) is 0 Å². The van der Waals surface area contributed by atoms with Crippen molar-refractivity contribution >= 4 is 32.7 Å². The number of aromatic amines is 1. The number of H-pyrrole nitrogens is 1. The lowest BCUT2D eigenvalue weighted by molar-refractivity contribution is 0.0953. The second-order valence-corrected chi connectivity index (χ2v) is 4.59. The van der Waals surface area contributed by atoms with Gasteiger partial charge < -0.3 is 10.3 Å². The van der Waals surface area contributed by atoms with Gasteiger partial charge in [-0.3, -0.25) is 4.79 Å². The molecule has 3 nitrogen and oxygen atoms in total. The van der Waals surface area contributed by atoms with Gasteiger partial charge in [0, 0.05) is 21.9 Å². The number of amides is 1. The summed E-state index contributed by atoms with van der Waals surface area (Å²) in [6, 6.07) is 9.61. The van der Waals surface area contributed by atoms with Gasteiger partial charge in [0.2, 0.25) is 0 Å². The Morgan fingerprint density at radius 2 is 2.19 bits per heavy atom. The first kappa shape index (κ1) is 11.0. The first-order chi connectivity index (χ1) is 7.66. The van der Waals surface area contributed by atoms with Crippen LogP contribution >= 0.6 is 15.9 Å². The van der Waals surface area contributed by atoms with Crippen LogP contribution in [0.1, 0.15) is 10.5 Å². The molecule has 0 spiro atoms. The van der Waals surface area contributed by atoms with Gasteiger partial charge in [0.1, 0.15) is 5.69 Å². The van der Waals surface area contributed by atoms with Crippen LogP contribution in [0.4, 0.5) is 0 Å². The lowest BCUT2D eigenvalue weighted by Crippen LogP contribution is -2.24. The molecule has 16 heavy (non-hydrogen) atoms. The summed E-state index contributed by atoms with van der Waals surface area (Å²) in [5.41, 5.74) is 1.53. The molecule has 0 radical (unpaired) electrons. The number of benzene rings is 1. The molecule has 2 N–H and O–H groups in total. The Morgan fingerprint density at radius 3 is 2.88 bits per heavy atom. The molecule has 1 amide bonds. The number of hydrogen-bond donors (Lipinski definition) is 2. The van der Waals surface area contributed by atoms with E-state index in [0.29, 0.717) is 12.2 Å². The zero-order valence-electron chi connectivity index (χ0n) is 8.59. The first-order valence-electron chi connectivity index (χ1n) is 4.86. The predicted molar refractivity (Wildman–Crippen MR) is 68.7 cm³/mol. The molecule has 0 unspecified atom stereocenters. The van der Waals surface area contributed by atoms with Crippen LogP contribution in [0.3, 0.4) is 0 Å². The number of hydrogen-bond acceptors (Lipinski definition) is 1. The summed E-state index contributed by atoms with van der Waals surface area (Å²) in [6.45, 7) is 4.08. The summed E-state index contributed by atoms with van der Waals surface area (Å²) >= 11 is 3.19. The third-order valence-corrected chi connectivity index (χ3v) is 2.50. The summed E-state index contributed by atoms with van der Waals surface area (Å²) in [4.78, 5) is 14.8. The van der Waals surface area contributed by atoms with Crippen LogP contribution in [-0.4, -0.2) is 17.4 Å². The zero-order valence-corrected chi connectivity index (χ0v) is 10.2. The molecule has 0 aliphatic heterocycles. The van der Waals surface area contributed by atoms with Crippen molar-refractivity contribution in [3.05, 3.63) is 47.1 Å². The van der Waals surface area contributed by atoms with Gasteiger partial charge in [-0.05, 0) is 12.1 Å². The number of rotatable bonds is 3. The lowest BCUT2D eigenvalue weighted by atomic mass is 10.2. The van der Waals surface area contributed by atoms with E-state index in [4.69, 9.17) is 0 Å². The van der Waals surface area contributed by atoms with Crippen molar-refractivity contribution < 1.29 is 4.79 Å². The van der Waals surface area contributed by atoms with Crippen molar-refractivity contribution in [2.24, 2.45) is 0 Å². The molecule has 0 aliphatic rings. The molecule has 0 bridgehead atoms. The number of para-hydroxylation sites is 1. The molecule has 1 heterocycles. The van der Waals surface area contributed by atoms with Gasteiger partial charge in [-0.2, -0.15) is 0 Å². The van der Waals surface area contributed by atoms with Gasteiger partial charge >= 0.3 is 0 Å². The van der Waals surface area contributed by atoms with Crippen LogP contribution in [0.25, 0.3) is 10.9 Å². The summed E-state index contributed by atoms with van der Waals surface area (Å²) in [5.74, 6) is -0.128. The van der Waals surface area contributed by atoms with Crippen LogP contribution in [-0.2, 0) is 0 Å². The highest BCUT2D eigenvalue weighted by molar-refractivity contribution is 9.11. The second-order valence-electron chi connectivity index (χ2n) is 3.47. The molecule has 0 aliphatic carbocycles. The number of carbonyl (C=O) groups excluding carboxylic acids is 1. The molecule has 4 heteroatoms. The largest absolute Gasteiger partial charge is 0.351 e. The van der Waals surface area contributed by atoms with Crippen LogP contribution in [0.5, 0.6) is 0 Å². The first-order valence-corrected chi connectivity index (χ1v) is 5.65. The normalized spacial score (nSPS) is 10.3. The maximum Gasteiger partial charge on any atom is 0.268 e. The SMILES string of the molecule is C=C(Br)CNC(=O)c1cc2ccccc2[nH]1. The Hall–Kier alpha value is -1.55. The van der Waals surface area contributed by atoms with E-state index in [1.165, 1.54) is 0 Å². The van der Waals surface area contributed by atoms with Crippen LogP contribution in [0, 0.1) is 0 Å². The summed E-state index contributed by atoms with van der Waals surface area (Å²) in [5, 5.41) is 3.78. The molecular formula is C12H11BrN2O. The van der Waals surface area contributed by atoms with Crippen LogP contribution in [0.2, 0.25) is 0 Å². The van der Waals surface area contributed by atoms with Gasteiger partial charge in [-0.25, -0.2) is 0 Å². The van der Waals surface area contributed by atoms with Crippen molar-refractivity contribution in [2.75, 3.05) is 6.54 Å². The summed E-state index contributed by atoms with van der Waals surface area (Å²) in [7, 11) is 0. The summed E-state index contributed by atoms with van der Waals surface area (Å²) in [6.07, 6.45) is 0. The smallest absolute Gasteiger partial charge is 0.268 e. The van der Waals surface area contributed by atoms with Crippen molar-refractivity contribution in [3.63, 3.8) is 0 Å². The van der Waals surface area contributed by atoms with Crippen molar-refractivity contribution in [1.82, 2.24) is 10.3 Å². The molecule has 1 aromatic heterocycles. The summed E-state index contributed by atoms with van der Waals surface area (Å²) < 4.78 is 0.747. The van der Waals surface area contributed by atoms with Crippen LogP contribution < -0.4 is 5.32 Å². The molecule has 82 valence electrons. The van der Waals surface area contributed by atoms with E-state index >= 15 is 0 Å². The molecule has 2 rings (SSSR count). The Kier molecular flexibility index (Phi) is 3.10. The quantitative estimate of drug-likeness (QED) is 0.891. The van der Waals surface area contributed by atoms with E-state index in [2.05, 4.69) is 32.8 Å². The van der Waals surface area contributed by atoms with E-state index in [-0.39, 0.29) is 5.91 Å². The third kappa shape index (κ3) is 2.33. The zero-order chi connectivity index (χ0) is 11.5. The second kappa shape index (κ2) is 4.53. The fraction of sp³-hybridized carbons (Fsp3) is 0.0833. The average Bonchev–Trinajstić information content (AvgIpc) is 2.69. The molecule has 0 fully saturated rings. The maximum atomic E-state index is 11.7. The molecule has 0 saturated heterocycles. The highest BCUT2D eigenvalue weighted by Gasteiger charge is 2.08. The lowest BCUT2D eigenvalue weighted by Gasteiger charge is -2.00. The highest BCUT2D eigenvalue weighted by atomic mass is 79.9. The average molecular weight is 279 g/mol. The molecule has 0 atom stereocenters. The van der Waals surface area contributed by atoms with Crippen molar-refractivity contribution in [2.45, 2.75) is 0 Å². The van der Waals surface area contributed by atoms with Crippen molar-refractivity contribution in [1.29, 1.82) is 0 Å². The monoisotopic (exact) mass is 278 g/mol. The maximum absolute atomic E-state index is 11.7. The van der Waals surface area contributed by atoms with E-state index in [9.17, 15) is 4.79 Å². The highest BCUT2D eigenvalue weighted by Crippen LogP contribution is 2.14. The Bertz CT molecular complexity index is 512. The fourth-order valence-corrected chi connectivity index (χ4v) is 1.61. The Labute approximate surface area is 102 Å². The number of nitrogens with one attached hydrogen (secondary N) is 2. The Morgan fingerprint density at radius 1 is 1.44 bits per heavy atom. The molecule has 1 aromatic carbocycles. The number of fused-ring (bicyclic) bond motifs is 1. The van der Waals surface area contributed by atoms with Crippen molar-refractivity contribution in [3.8, 4) is 0 Å². The molecule has 0 saturated carbocycles. The van der Waals surface area contributed by atoms with Gasteiger partial charge in [0.05, 0.1) is 0 Å². The standard InChI is InChI=1S/C12H11BrN2O/c1-8(13)7-14-12(16)11-6-9-4-2-3-5-10(9)15-11/h2-6,15H,1,7H2,(H,14,16). The topological polar surface area (TPSA) is 44.9 Å². The minimum atomic E-state index is -0.128. The minimum Gasteiger partial charge on any atom is -0.351 e. The third-order valence-electron chi connectivity index (χ3n) is 2.22. The van der Waals surface area contributed by atoms with E-state index < -0.39 is 0 Å². The van der Waals surface area contributed by atoms with Crippen LogP contribution in [0.15, 0.2) is 41.4 Å². The molecular weight excluding hydrogens is 268 g/mol. The molecule has 2 aromatic rings.